The summed E-state index contributed by atoms with van der Waals surface area (Å²) in [5, 5.41) is 2.62. The first-order chi connectivity index (χ1) is 12.9. The van der Waals surface area contributed by atoms with E-state index in [1.54, 1.807) is 18.2 Å². The molecule has 0 heterocycles. The maximum Gasteiger partial charge on any atom is 0.387 e. The van der Waals surface area contributed by atoms with Gasteiger partial charge in [0.2, 0.25) is 0 Å². The number of carbonyl (C=O) groups is 2. The molecule has 0 fully saturated rings. The number of hydrogen-bond acceptors (Lipinski definition) is 6. The molecule has 144 valence electrons. The predicted octanol–water partition coefficient (Wildman–Crippen LogP) is 3.81. The maximum absolute atomic E-state index is 12.3. The summed E-state index contributed by atoms with van der Waals surface area (Å²) in [6.45, 7) is -3.52. The van der Waals surface area contributed by atoms with Gasteiger partial charge in [-0.1, -0.05) is 6.07 Å². The average Bonchev–Trinajstić information content (AvgIpc) is 2.66. The second-order valence-corrected chi connectivity index (χ2v) is 5.98. The topological polar surface area (TPSA) is 73.9 Å². The molecule has 0 spiro atoms. The van der Waals surface area contributed by atoms with E-state index in [1.165, 1.54) is 31.0 Å². The number of amides is 1. The van der Waals surface area contributed by atoms with Crippen molar-refractivity contribution in [1.29, 1.82) is 0 Å². The largest absolute Gasteiger partial charge is 0.493 e. The molecular weight excluding hydrogens is 380 g/mol. The van der Waals surface area contributed by atoms with Crippen molar-refractivity contribution in [3.05, 3.63) is 48.0 Å². The lowest BCUT2D eigenvalue weighted by Gasteiger charge is -2.11. The summed E-state index contributed by atoms with van der Waals surface area (Å²) >= 11 is 1.53. The van der Waals surface area contributed by atoms with Crippen LogP contribution in [0.4, 0.5) is 14.5 Å². The molecule has 0 aromatic heterocycles. The van der Waals surface area contributed by atoms with Crippen molar-refractivity contribution in [2.24, 2.45) is 0 Å². The zero-order valence-corrected chi connectivity index (χ0v) is 15.3. The highest BCUT2D eigenvalue weighted by molar-refractivity contribution is 7.98. The quantitative estimate of drug-likeness (QED) is 0.539. The van der Waals surface area contributed by atoms with Crippen LogP contribution < -0.4 is 14.8 Å². The predicted molar refractivity (Wildman–Crippen MR) is 96.8 cm³/mol. The third-order valence-corrected chi connectivity index (χ3v) is 4.03. The summed E-state index contributed by atoms with van der Waals surface area (Å²) in [6, 6.07) is 10.8. The van der Waals surface area contributed by atoms with Gasteiger partial charge in [0.1, 0.15) is 0 Å². The molecule has 1 N–H and O–H groups in total. The second kappa shape index (κ2) is 9.77. The highest BCUT2D eigenvalue weighted by Crippen LogP contribution is 2.29. The van der Waals surface area contributed by atoms with E-state index in [9.17, 15) is 18.4 Å². The molecule has 0 aliphatic carbocycles. The van der Waals surface area contributed by atoms with E-state index in [1.807, 2.05) is 12.3 Å². The standard InChI is InChI=1S/C18H17F2NO5S/c1-24-15-8-11(6-7-14(15)26-18(19)20)17(23)25-10-16(22)21-12-4-3-5-13(9-12)27-2/h3-9,18H,10H2,1-2H3,(H,21,22). The molecule has 2 rings (SSSR count). The first-order valence-electron chi connectivity index (χ1n) is 7.67. The number of nitrogens with one attached hydrogen (secondary N) is 1. The fourth-order valence-corrected chi connectivity index (χ4v) is 2.56. The Hall–Kier alpha value is -2.81. The van der Waals surface area contributed by atoms with E-state index in [2.05, 4.69) is 10.1 Å². The van der Waals surface area contributed by atoms with Gasteiger partial charge in [0.05, 0.1) is 12.7 Å². The van der Waals surface area contributed by atoms with Crippen LogP contribution in [0.2, 0.25) is 0 Å². The number of hydrogen-bond donors (Lipinski definition) is 1. The van der Waals surface area contributed by atoms with Gasteiger partial charge in [-0.15, -0.1) is 11.8 Å². The highest BCUT2D eigenvalue weighted by atomic mass is 32.2. The number of anilines is 1. The summed E-state index contributed by atoms with van der Waals surface area (Å²) in [4.78, 5) is 25.0. The smallest absolute Gasteiger partial charge is 0.387 e. The van der Waals surface area contributed by atoms with Gasteiger partial charge in [0, 0.05) is 10.6 Å². The Balaban J connectivity index is 1.95. The fraction of sp³-hybridized carbons (Fsp3) is 0.222. The molecule has 0 unspecified atom stereocenters. The van der Waals surface area contributed by atoms with Gasteiger partial charge in [0.25, 0.3) is 5.91 Å². The first kappa shape index (κ1) is 20.5. The van der Waals surface area contributed by atoms with E-state index >= 15 is 0 Å². The third-order valence-electron chi connectivity index (χ3n) is 3.30. The Kier molecular flexibility index (Phi) is 7.42. The van der Waals surface area contributed by atoms with Gasteiger partial charge in [-0.05, 0) is 42.7 Å². The summed E-state index contributed by atoms with van der Waals surface area (Å²) in [6.07, 6.45) is 1.91. The Bertz CT molecular complexity index is 816. The molecule has 2 aromatic carbocycles. The summed E-state index contributed by atoms with van der Waals surface area (Å²) < 4.78 is 38.8. The second-order valence-electron chi connectivity index (χ2n) is 5.10. The van der Waals surface area contributed by atoms with Gasteiger partial charge < -0.3 is 19.5 Å². The summed E-state index contributed by atoms with van der Waals surface area (Å²) in [7, 11) is 1.25. The molecule has 1 amide bonds. The Morgan fingerprint density at radius 1 is 1.15 bits per heavy atom. The van der Waals surface area contributed by atoms with Crippen molar-refractivity contribution >= 4 is 29.3 Å². The lowest BCUT2D eigenvalue weighted by atomic mass is 10.2. The number of thioether (sulfide) groups is 1. The van der Waals surface area contributed by atoms with Crippen LogP contribution >= 0.6 is 11.8 Å². The first-order valence-corrected chi connectivity index (χ1v) is 8.89. The van der Waals surface area contributed by atoms with Crippen molar-refractivity contribution in [1.82, 2.24) is 0 Å². The van der Waals surface area contributed by atoms with Crippen molar-refractivity contribution in [3.8, 4) is 11.5 Å². The van der Waals surface area contributed by atoms with Crippen molar-refractivity contribution in [3.63, 3.8) is 0 Å². The maximum atomic E-state index is 12.3. The number of ether oxygens (including phenoxy) is 3. The van der Waals surface area contributed by atoms with Gasteiger partial charge in [0.15, 0.2) is 18.1 Å². The van der Waals surface area contributed by atoms with E-state index in [4.69, 9.17) is 9.47 Å². The summed E-state index contributed by atoms with van der Waals surface area (Å²) in [5.41, 5.74) is 0.615. The zero-order valence-electron chi connectivity index (χ0n) is 14.5. The van der Waals surface area contributed by atoms with E-state index < -0.39 is 25.1 Å². The lowest BCUT2D eigenvalue weighted by molar-refractivity contribution is -0.119. The molecule has 2 aromatic rings. The molecule has 0 saturated carbocycles. The van der Waals surface area contributed by atoms with Gasteiger partial charge in [-0.25, -0.2) is 4.79 Å². The van der Waals surface area contributed by atoms with Crippen LogP contribution in [0.5, 0.6) is 11.5 Å². The number of methoxy groups -OCH3 is 1. The van der Waals surface area contributed by atoms with Crippen LogP contribution in [-0.2, 0) is 9.53 Å². The van der Waals surface area contributed by atoms with Crippen LogP contribution in [0, 0.1) is 0 Å². The van der Waals surface area contributed by atoms with E-state index in [0.29, 0.717) is 5.69 Å². The number of benzene rings is 2. The zero-order chi connectivity index (χ0) is 19.8. The molecule has 0 atom stereocenters. The van der Waals surface area contributed by atoms with Gasteiger partial charge in [-0.3, -0.25) is 4.79 Å². The van der Waals surface area contributed by atoms with E-state index in [0.717, 1.165) is 11.0 Å². The number of carbonyl (C=O) groups excluding carboxylic acids is 2. The number of esters is 1. The number of alkyl halides is 2. The molecule has 0 bridgehead atoms. The van der Waals surface area contributed by atoms with Crippen molar-refractivity contribution < 1.29 is 32.6 Å². The molecular formula is C18H17F2NO5S. The minimum Gasteiger partial charge on any atom is -0.493 e. The minimum absolute atomic E-state index is 0.0330. The highest BCUT2D eigenvalue weighted by Gasteiger charge is 2.16. The molecule has 0 aliphatic rings. The Morgan fingerprint density at radius 3 is 2.59 bits per heavy atom. The molecule has 0 saturated heterocycles. The van der Waals surface area contributed by atoms with Crippen LogP contribution in [0.1, 0.15) is 10.4 Å². The van der Waals surface area contributed by atoms with Crippen LogP contribution in [0.15, 0.2) is 47.4 Å². The van der Waals surface area contributed by atoms with Gasteiger partial charge in [-0.2, -0.15) is 8.78 Å². The number of rotatable bonds is 8. The van der Waals surface area contributed by atoms with Crippen molar-refractivity contribution in [2.45, 2.75) is 11.5 Å². The van der Waals surface area contributed by atoms with Crippen LogP contribution in [0.25, 0.3) is 0 Å². The van der Waals surface area contributed by atoms with Crippen LogP contribution in [0.3, 0.4) is 0 Å². The monoisotopic (exact) mass is 397 g/mol. The molecule has 9 heteroatoms. The Labute approximate surface area is 158 Å². The summed E-state index contributed by atoms with van der Waals surface area (Å²) in [5.74, 6) is -1.57. The average molecular weight is 397 g/mol. The molecule has 27 heavy (non-hydrogen) atoms. The third kappa shape index (κ3) is 6.14. The van der Waals surface area contributed by atoms with Crippen molar-refractivity contribution in [2.75, 3.05) is 25.3 Å². The van der Waals surface area contributed by atoms with E-state index in [-0.39, 0.29) is 17.1 Å². The molecule has 0 aliphatic heterocycles. The normalized spacial score (nSPS) is 10.4. The Morgan fingerprint density at radius 2 is 1.93 bits per heavy atom. The fourth-order valence-electron chi connectivity index (χ4n) is 2.10. The molecule has 6 nitrogen and oxygen atoms in total. The van der Waals surface area contributed by atoms with Crippen LogP contribution in [-0.4, -0.2) is 38.5 Å². The minimum atomic E-state index is -3.02. The molecule has 0 radical (unpaired) electrons. The van der Waals surface area contributed by atoms with Gasteiger partial charge >= 0.3 is 12.6 Å². The number of halogens is 2. The lowest BCUT2D eigenvalue weighted by Crippen LogP contribution is -2.21. The SMILES string of the molecule is COc1cc(C(=O)OCC(=O)Nc2cccc(SC)c2)ccc1OC(F)F.